The van der Waals surface area contributed by atoms with E-state index in [0.717, 1.165) is 0 Å². The molecule has 0 amide bonds. The molecule has 62 valence electrons. The Balaban J connectivity index is 4.28. The molecule has 6 N–H and O–H groups in total. The van der Waals surface area contributed by atoms with Crippen LogP contribution in [0.2, 0.25) is 0 Å². The van der Waals surface area contributed by atoms with Gasteiger partial charge in [-0.1, -0.05) is 0 Å². The molecule has 0 spiro atoms. The minimum atomic E-state index is -0.929. The standard InChI is InChI=1S/C6H16N2O2/c1-5(7,3-9)6(2,8)4-10/h9-10H,3-4,7-8H2,1-2H3. The molecular formula is C6H16N2O2. The molecule has 0 aliphatic rings. The number of aliphatic hydroxyl groups is 2. The molecule has 2 unspecified atom stereocenters. The highest BCUT2D eigenvalue weighted by molar-refractivity contribution is 5.00. The number of hydrogen-bond acceptors (Lipinski definition) is 4. The van der Waals surface area contributed by atoms with Crippen molar-refractivity contribution in [1.82, 2.24) is 0 Å². The predicted molar refractivity (Wildman–Crippen MR) is 39.4 cm³/mol. The molecule has 4 nitrogen and oxygen atoms in total. The second kappa shape index (κ2) is 2.84. The minimum absolute atomic E-state index is 0.236. The Bertz CT molecular complexity index is 98.3. The van der Waals surface area contributed by atoms with Gasteiger partial charge in [0.2, 0.25) is 0 Å². The van der Waals surface area contributed by atoms with Crippen LogP contribution >= 0.6 is 0 Å². The van der Waals surface area contributed by atoms with Gasteiger partial charge in [-0.3, -0.25) is 0 Å². The van der Waals surface area contributed by atoms with Gasteiger partial charge in [0.25, 0.3) is 0 Å². The number of hydrogen-bond donors (Lipinski definition) is 4. The quantitative estimate of drug-likeness (QED) is 0.388. The highest BCUT2D eigenvalue weighted by Gasteiger charge is 2.37. The summed E-state index contributed by atoms with van der Waals surface area (Å²) in [5, 5.41) is 17.5. The van der Waals surface area contributed by atoms with Crippen molar-refractivity contribution < 1.29 is 10.2 Å². The maximum absolute atomic E-state index is 8.74. The Morgan fingerprint density at radius 1 is 1.00 bits per heavy atom. The van der Waals surface area contributed by atoms with E-state index in [4.69, 9.17) is 21.7 Å². The third-order valence-electron chi connectivity index (χ3n) is 1.96. The fourth-order valence-electron chi connectivity index (χ4n) is 0.361. The molecular weight excluding hydrogens is 132 g/mol. The van der Waals surface area contributed by atoms with Crippen molar-refractivity contribution in [3.8, 4) is 0 Å². The lowest BCUT2D eigenvalue weighted by molar-refractivity contribution is 0.0900. The molecule has 0 aromatic heterocycles. The van der Waals surface area contributed by atoms with E-state index >= 15 is 0 Å². The van der Waals surface area contributed by atoms with E-state index in [1.54, 1.807) is 13.8 Å². The first-order valence-corrected chi connectivity index (χ1v) is 3.17. The SMILES string of the molecule is CC(N)(CO)C(C)(N)CO. The maximum Gasteiger partial charge on any atom is 0.0627 e. The molecule has 0 rings (SSSR count). The molecule has 0 bridgehead atoms. The van der Waals surface area contributed by atoms with Crippen LogP contribution in [0.1, 0.15) is 13.8 Å². The van der Waals surface area contributed by atoms with Crippen LogP contribution in [0.4, 0.5) is 0 Å². The normalized spacial score (nSPS) is 23.4. The fourth-order valence-corrected chi connectivity index (χ4v) is 0.361. The van der Waals surface area contributed by atoms with Gasteiger partial charge >= 0.3 is 0 Å². The van der Waals surface area contributed by atoms with Crippen LogP contribution in [0.3, 0.4) is 0 Å². The maximum atomic E-state index is 8.74. The summed E-state index contributed by atoms with van der Waals surface area (Å²) in [5.74, 6) is 0. The van der Waals surface area contributed by atoms with Gasteiger partial charge < -0.3 is 21.7 Å². The number of nitrogens with two attached hydrogens (primary N) is 2. The second-order valence-corrected chi connectivity index (χ2v) is 3.15. The van der Waals surface area contributed by atoms with Gasteiger partial charge in [0.05, 0.1) is 24.3 Å². The molecule has 0 aromatic carbocycles. The van der Waals surface area contributed by atoms with E-state index in [1.165, 1.54) is 0 Å². The average molecular weight is 148 g/mol. The van der Waals surface area contributed by atoms with E-state index in [-0.39, 0.29) is 13.2 Å². The molecule has 0 aliphatic heterocycles. The third kappa shape index (κ3) is 1.67. The average Bonchev–Trinajstić information content (AvgIpc) is 1.88. The molecule has 0 fully saturated rings. The van der Waals surface area contributed by atoms with Gasteiger partial charge in [-0.05, 0) is 13.8 Å². The van der Waals surface area contributed by atoms with Gasteiger partial charge in [0.15, 0.2) is 0 Å². The van der Waals surface area contributed by atoms with Crippen molar-refractivity contribution in [3.63, 3.8) is 0 Å². The predicted octanol–water partition coefficient (Wildman–Crippen LogP) is -1.59. The zero-order chi connectivity index (χ0) is 8.41. The van der Waals surface area contributed by atoms with Crippen LogP contribution in [-0.2, 0) is 0 Å². The minimum Gasteiger partial charge on any atom is -0.394 e. The molecule has 4 heteroatoms. The van der Waals surface area contributed by atoms with Crippen LogP contribution in [0.25, 0.3) is 0 Å². The van der Waals surface area contributed by atoms with Crippen molar-refractivity contribution in [1.29, 1.82) is 0 Å². The molecule has 2 atom stereocenters. The Morgan fingerprint density at radius 2 is 1.20 bits per heavy atom. The Morgan fingerprint density at radius 3 is 1.30 bits per heavy atom. The largest absolute Gasteiger partial charge is 0.394 e. The molecule has 0 aromatic rings. The first kappa shape index (κ1) is 9.84. The summed E-state index contributed by atoms with van der Waals surface area (Å²) in [7, 11) is 0. The lowest BCUT2D eigenvalue weighted by Gasteiger charge is -2.37. The van der Waals surface area contributed by atoms with E-state index in [2.05, 4.69) is 0 Å². The van der Waals surface area contributed by atoms with Gasteiger partial charge in [-0.15, -0.1) is 0 Å². The molecule has 0 saturated carbocycles. The number of aliphatic hydroxyl groups excluding tert-OH is 2. The highest BCUT2D eigenvalue weighted by atomic mass is 16.3. The van der Waals surface area contributed by atoms with Gasteiger partial charge in [-0.2, -0.15) is 0 Å². The number of rotatable bonds is 3. The van der Waals surface area contributed by atoms with Crippen LogP contribution in [0.5, 0.6) is 0 Å². The fraction of sp³-hybridized carbons (Fsp3) is 1.00. The smallest absolute Gasteiger partial charge is 0.0627 e. The van der Waals surface area contributed by atoms with Crippen LogP contribution in [0.15, 0.2) is 0 Å². The second-order valence-electron chi connectivity index (χ2n) is 3.15. The summed E-state index contributed by atoms with van der Waals surface area (Å²) in [4.78, 5) is 0. The third-order valence-corrected chi connectivity index (χ3v) is 1.96. The molecule has 0 aliphatic carbocycles. The first-order valence-electron chi connectivity index (χ1n) is 3.17. The van der Waals surface area contributed by atoms with Gasteiger partial charge in [0.1, 0.15) is 0 Å². The molecule has 10 heavy (non-hydrogen) atoms. The van der Waals surface area contributed by atoms with Gasteiger partial charge in [0, 0.05) is 0 Å². The highest BCUT2D eigenvalue weighted by Crippen LogP contribution is 2.14. The van der Waals surface area contributed by atoms with E-state index < -0.39 is 11.1 Å². The monoisotopic (exact) mass is 148 g/mol. The molecule has 0 saturated heterocycles. The Kier molecular flexibility index (Phi) is 2.79. The lowest BCUT2D eigenvalue weighted by Crippen LogP contribution is -2.66. The Labute approximate surface area is 60.8 Å². The van der Waals surface area contributed by atoms with Gasteiger partial charge in [-0.25, -0.2) is 0 Å². The van der Waals surface area contributed by atoms with E-state index in [0.29, 0.717) is 0 Å². The molecule has 0 heterocycles. The summed E-state index contributed by atoms with van der Waals surface area (Å²) in [5.41, 5.74) is 9.28. The summed E-state index contributed by atoms with van der Waals surface area (Å²) in [6, 6.07) is 0. The van der Waals surface area contributed by atoms with Crippen molar-refractivity contribution in [2.24, 2.45) is 11.5 Å². The summed E-state index contributed by atoms with van der Waals surface area (Å²) < 4.78 is 0. The van der Waals surface area contributed by atoms with Crippen molar-refractivity contribution >= 4 is 0 Å². The topological polar surface area (TPSA) is 92.5 Å². The van der Waals surface area contributed by atoms with Crippen LogP contribution in [-0.4, -0.2) is 34.5 Å². The van der Waals surface area contributed by atoms with Crippen molar-refractivity contribution in [2.75, 3.05) is 13.2 Å². The zero-order valence-corrected chi connectivity index (χ0v) is 6.46. The van der Waals surface area contributed by atoms with Crippen molar-refractivity contribution in [2.45, 2.75) is 24.9 Å². The summed E-state index contributed by atoms with van der Waals surface area (Å²) in [6.45, 7) is 2.73. The summed E-state index contributed by atoms with van der Waals surface area (Å²) >= 11 is 0. The lowest BCUT2D eigenvalue weighted by atomic mass is 9.82. The zero-order valence-electron chi connectivity index (χ0n) is 6.46. The summed E-state index contributed by atoms with van der Waals surface area (Å²) in [6.07, 6.45) is 0. The van der Waals surface area contributed by atoms with E-state index in [1.807, 2.05) is 0 Å². The van der Waals surface area contributed by atoms with Crippen LogP contribution < -0.4 is 11.5 Å². The molecule has 0 radical (unpaired) electrons. The first-order chi connectivity index (χ1) is 4.37. The Hall–Kier alpha value is -0.160. The van der Waals surface area contributed by atoms with Crippen LogP contribution in [0, 0.1) is 0 Å². The van der Waals surface area contributed by atoms with Crippen molar-refractivity contribution in [3.05, 3.63) is 0 Å². The van der Waals surface area contributed by atoms with E-state index in [9.17, 15) is 0 Å².